The summed E-state index contributed by atoms with van der Waals surface area (Å²) in [7, 11) is -6.39. The second-order valence-electron chi connectivity index (χ2n) is 8.46. The van der Waals surface area contributed by atoms with Crippen LogP contribution in [0.2, 0.25) is 0 Å². The zero-order chi connectivity index (χ0) is 28.4. The summed E-state index contributed by atoms with van der Waals surface area (Å²) in [6, 6.07) is 13.3. The van der Waals surface area contributed by atoms with Gasteiger partial charge in [-0.15, -0.1) is 0 Å². The van der Waals surface area contributed by atoms with Crippen molar-refractivity contribution < 1.29 is 40.4 Å². The Morgan fingerprint density at radius 1 is 1.10 bits per heavy atom. The molecule has 4 aromatic rings. The number of carboxylic acid groups (broad SMARTS) is 1. The number of aryl methyl sites for hydroxylation is 1. The molecule has 1 atom stereocenters. The number of ether oxygens (including phenoxy) is 1. The first kappa shape index (κ1) is 28.2. The maximum Gasteiger partial charge on any atom is 0.422 e. The van der Waals surface area contributed by atoms with Gasteiger partial charge in [0.15, 0.2) is 6.61 Å². The summed E-state index contributed by atoms with van der Waals surface area (Å²) in [6.07, 6.45) is -3.22. The molecule has 0 amide bonds. The molecule has 1 N–H and O–H groups in total. The Morgan fingerprint density at radius 2 is 1.79 bits per heavy atom. The van der Waals surface area contributed by atoms with Crippen LogP contribution in [0.15, 0.2) is 70.8 Å². The molecule has 0 aliphatic carbocycles. The lowest BCUT2D eigenvalue weighted by Gasteiger charge is -2.14. The number of fused-ring (bicyclic) bond motifs is 1. The third kappa shape index (κ3) is 6.45. The van der Waals surface area contributed by atoms with Gasteiger partial charge in [0.25, 0.3) is 10.0 Å². The summed E-state index contributed by atoms with van der Waals surface area (Å²) in [4.78, 5) is 19.1. The monoisotopic (exact) mass is 581 g/mol. The van der Waals surface area contributed by atoms with Crippen LogP contribution in [0.1, 0.15) is 23.2 Å². The number of halogens is 3. The number of imidazole rings is 1. The second kappa shape index (κ2) is 11.1. The van der Waals surface area contributed by atoms with E-state index in [4.69, 9.17) is 9.84 Å². The van der Waals surface area contributed by atoms with Gasteiger partial charge in [-0.1, -0.05) is 24.3 Å². The van der Waals surface area contributed by atoms with Crippen LogP contribution in [0.4, 0.5) is 13.2 Å². The zero-order valence-corrected chi connectivity index (χ0v) is 22.0. The van der Waals surface area contributed by atoms with Crippen LogP contribution in [-0.2, 0) is 37.8 Å². The normalized spacial score (nSPS) is 12.9. The molecule has 206 valence electrons. The Balaban J connectivity index is 1.70. The number of carboxylic acids is 1. The van der Waals surface area contributed by atoms with Gasteiger partial charge < -0.3 is 9.84 Å². The molecular weight excluding hydrogens is 559 g/mol. The Labute approximate surface area is 223 Å². The topological polar surface area (TPSA) is 128 Å². The molecule has 0 aliphatic heterocycles. The van der Waals surface area contributed by atoms with Crippen LogP contribution in [0.3, 0.4) is 0 Å². The van der Waals surface area contributed by atoms with Gasteiger partial charge in [0.05, 0.1) is 38.2 Å². The van der Waals surface area contributed by atoms with Gasteiger partial charge in [-0.3, -0.25) is 14.0 Å². The highest BCUT2D eigenvalue weighted by Crippen LogP contribution is 2.28. The number of hydrogen-bond donors (Lipinski definition) is 1. The number of benzene rings is 2. The minimum atomic E-state index is -4.55. The summed E-state index contributed by atoms with van der Waals surface area (Å²) < 4.78 is 84.5. The molecule has 14 heteroatoms. The Hall–Kier alpha value is -3.78. The first-order valence-electron chi connectivity index (χ1n) is 11.4. The van der Waals surface area contributed by atoms with Gasteiger partial charge >= 0.3 is 12.1 Å². The Bertz CT molecular complexity index is 1650. The van der Waals surface area contributed by atoms with E-state index >= 15 is 0 Å². The van der Waals surface area contributed by atoms with Crippen LogP contribution in [0.25, 0.3) is 11.0 Å². The number of aliphatic carboxylic acids is 1. The Morgan fingerprint density at radius 3 is 2.46 bits per heavy atom. The van der Waals surface area contributed by atoms with Crippen LogP contribution in [0.5, 0.6) is 5.75 Å². The number of alkyl halides is 3. The molecule has 4 rings (SSSR count). The van der Waals surface area contributed by atoms with Crippen molar-refractivity contribution in [3.8, 4) is 5.75 Å². The molecule has 0 bridgehead atoms. The van der Waals surface area contributed by atoms with E-state index in [-0.39, 0.29) is 56.7 Å². The Kier molecular flexibility index (Phi) is 8.07. The highest BCUT2D eigenvalue weighted by molar-refractivity contribution is 7.91. The van der Waals surface area contributed by atoms with Crippen LogP contribution in [0, 0.1) is 6.92 Å². The van der Waals surface area contributed by atoms with E-state index < -0.39 is 39.6 Å². The van der Waals surface area contributed by atoms with E-state index in [0.717, 1.165) is 3.97 Å². The molecule has 0 spiro atoms. The number of para-hydroxylation sites is 2. The van der Waals surface area contributed by atoms with Gasteiger partial charge in [-0.05, 0) is 49.2 Å². The molecular formula is C25H22F3N3O6S2. The third-order valence-electron chi connectivity index (χ3n) is 5.70. The SMILES string of the molecule is Cc1c(OCC(F)(F)F)ccnc1CS(=O)c1nc2ccccc2n1S(=O)(=O)c1ccc(CCC(=O)O)cc1. The molecule has 0 saturated heterocycles. The fraction of sp³-hybridized carbons (Fsp3) is 0.240. The van der Waals surface area contributed by atoms with Crippen molar-refractivity contribution in [2.24, 2.45) is 0 Å². The van der Waals surface area contributed by atoms with E-state index in [2.05, 4.69) is 9.97 Å². The summed E-state index contributed by atoms with van der Waals surface area (Å²) in [5.41, 5.74) is 1.48. The zero-order valence-electron chi connectivity index (χ0n) is 20.4. The molecule has 0 radical (unpaired) electrons. The molecule has 39 heavy (non-hydrogen) atoms. The molecule has 0 saturated carbocycles. The number of rotatable bonds is 10. The van der Waals surface area contributed by atoms with Crippen molar-refractivity contribution in [2.75, 3.05) is 6.61 Å². The summed E-state index contributed by atoms with van der Waals surface area (Å²) in [5, 5.41) is 8.59. The van der Waals surface area contributed by atoms with Crippen molar-refractivity contribution in [1.82, 2.24) is 13.9 Å². The average Bonchev–Trinajstić information content (AvgIpc) is 3.28. The van der Waals surface area contributed by atoms with Crippen molar-refractivity contribution in [3.05, 3.63) is 77.6 Å². The predicted octanol–water partition coefficient (Wildman–Crippen LogP) is 4.24. The van der Waals surface area contributed by atoms with Gasteiger partial charge in [0, 0.05) is 18.2 Å². The van der Waals surface area contributed by atoms with Crippen LogP contribution < -0.4 is 4.74 Å². The molecule has 9 nitrogen and oxygen atoms in total. The van der Waals surface area contributed by atoms with Crippen molar-refractivity contribution in [1.29, 1.82) is 0 Å². The van der Waals surface area contributed by atoms with Gasteiger partial charge in [-0.2, -0.15) is 13.2 Å². The van der Waals surface area contributed by atoms with Gasteiger partial charge in [-0.25, -0.2) is 17.4 Å². The first-order valence-corrected chi connectivity index (χ1v) is 14.2. The highest BCUT2D eigenvalue weighted by atomic mass is 32.2. The lowest BCUT2D eigenvalue weighted by Crippen LogP contribution is -2.20. The fourth-order valence-electron chi connectivity index (χ4n) is 3.75. The summed E-state index contributed by atoms with van der Waals surface area (Å²) >= 11 is 0. The van der Waals surface area contributed by atoms with Crippen molar-refractivity contribution >= 4 is 37.8 Å². The smallest absolute Gasteiger partial charge is 0.422 e. The van der Waals surface area contributed by atoms with Gasteiger partial charge in [0.1, 0.15) is 5.75 Å². The van der Waals surface area contributed by atoms with Gasteiger partial charge in [0.2, 0.25) is 5.16 Å². The maximum absolute atomic E-state index is 13.7. The van der Waals surface area contributed by atoms with E-state index in [1.54, 1.807) is 18.2 Å². The van der Waals surface area contributed by atoms with Crippen molar-refractivity contribution in [3.63, 3.8) is 0 Å². The number of pyridine rings is 1. The number of aromatic nitrogens is 3. The lowest BCUT2D eigenvalue weighted by atomic mass is 10.1. The largest absolute Gasteiger partial charge is 0.484 e. The molecule has 2 heterocycles. The highest BCUT2D eigenvalue weighted by Gasteiger charge is 2.30. The predicted molar refractivity (Wildman–Crippen MR) is 135 cm³/mol. The van der Waals surface area contributed by atoms with Crippen LogP contribution in [-0.4, -0.2) is 50.4 Å². The number of nitrogens with zero attached hydrogens (tertiary/aromatic N) is 3. The van der Waals surface area contributed by atoms with Crippen molar-refractivity contribution in [2.45, 2.75) is 41.7 Å². The average molecular weight is 582 g/mol. The number of carbonyl (C=O) groups is 1. The van der Waals surface area contributed by atoms with Crippen LogP contribution >= 0.6 is 0 Å². The quantitative estimate of drug-likeness (QED) is 0.295. The van der Waals surface area contributed by atoms with E-state index in [0.29, 0.717) is 5.56 Å². The minimum Gasteiger partial charge on any atom is -0.484 e. The standard InChI is InChI=1S/C25H22F3N3O6S2/c1-16-20(29-13-12-22(16)37-15-25(26,27)28)14-38(34)24-30-19-4-2-3-5-21(19)31(24)39(35,36)18-9-6-17(7-10-18)8-11-23(32)33/h2-7,9-10,12-13H,8,11,14-15H2,1H3,(H,32,33). The fourth-order valence-corrected chi connectivity index (χ4v) is 6.80. The van der Waals surface area contributed by atoms with E-state index in [1.807, 2.05) is 0 Å². The third-order valence-corrected chi connectivity index (χ3v) is 8.75. The number of hydrogen-bond acceptors (Lipinski definition) is 7. The molecule has 2 aromatic heterocycles. The summed E-state index contributed by atoms with van der Waals surface area (Å²) in [5.74, 6) is -1.40. The maximum atomic E-state index is 13.7. The lowest BCUT2D eigenvalue weighted by molar-refractivity contribution is -0.153. The first-order chi connectivity index (χ1) is 18.4. The summed E-state index contributed by atoms with van der Waals surface area (Å²) in [6.45, 7) is -0.0413. The van der Waals surface area contributed by atoms with E-state index in [9.17, 15) is 30.6 Å². The molecule has 2 aromatic carbocycles. The molecule has 0 fully saturated rings. The minimum absolute atomic E-state index is 0.0848. The molecule has 1 unspecified atom stereocenters. The van der Waals surface area contributed by atoms with E-state index in [1.165, 1.54) is 49.5 Å². The molecule has 0 aliphatic rings. The second-order valence-corrected chi connectivity index (χ2v) is 11.6.